The van der Waals surface area contributed by atoms with Crippen molar-refractivity contribution >= 4 is 11.4 Å². The number of hydrogen-bond acceptors (Lipinski definition) is 6. The van der Waals surface area contributed by atoms with E-state index in [4.69, 9.17) is 20.9 Å². The molecule has 0 fully saturated rings. The van der Waals surface area contributed by atoms with Crippen molar-refractivity contribution in [3.8, 4) is 58.2 Å². The van der Waals surface area contributed by atoms with E-state index in [1.807, 2.05) is 60.7 Å². The Bertz CT molecular complexity index is 1660. The molecule has 5 aromatic rings. The molecule has 5 rings (SSSR count). The van der Waals surface area contributed by atoms with Gasteiger partial charge < -0.3 is 31.2 Å². The van der Waals surface area contributed by atoms with Gasteiger partial charge in [-0.15, -0.1) is 0 Å². The van der Waals surface area contributed by atoms with Gasteiger partial charge in [0.2, 0.25) is 0 Å². The van der Waals surface area contributed by atoms with Gasteiger partial charge in [0.05, 0.1) is 22.5 Å². The SMILES string of the molecule is Nc1ccc(Oc2ccc(Oc3ccc(N)c(O)c3)c(C#Cc3ccccc3)c2C#Cc2ccccc2)cc1O. The second kappa shape index (κ2) is 11.6. The summed E-state index contributed by atoms with van der Waals surface area (Å²) >= 11 is 0. The molecular weight excluding hydrogens is 500 g/mol. The maximum absolute atomic E-state index is 10.1. The lowest BCUT2D eigenvalue weighted by Crippen LogP contribution is -1.97. The van der Waals surface area contributed by atoms with Crippen LogP contribution in [0.3, 0.4) is 0 Å². The van der Waals surface area contributed by atoms with E-state index in [2.05, 4.69) is 23.7 Å². The van der Waals surface area contributed by atoms with Crippen LogP contribution in [0.25, 0.3) is 0 Å². The van der Waals surface area contributed by atoms with Crippen LogP contribution in [-0.4, -0.2) is 10.2 Å². The van der Waals surface area contributed by atoms with Gasteiger partial charge in [-0.05, 0) is 60.7 Å². The quantitative estimate of drug-likeness (QED) is 0.119. The van der Waals surface area contributed by atoms with Crippen molar-refractivity contribution in [1.29, 1.82) is 0 Å². The highest BCUT2D eigenvalue weighted by Crippen LogP contribution is 2.37. The first-order valence-corrected chi connectivity index (χ1v) is 12.3. The summed E-state index contributed by atoms with van der Waals surface area (Å²) in [6, 6.07) is 31.8. The summed E-state index contributed by atoms with van der Waals surface area (Å²) in [4.78, 5) is 0. The number of hydrogen-bond donors (Lipinski definition) is 4. The Morgan fingerprint density at radius 3 is 1.25 bits per heavy atom. The van der Waals surface area contributed by atoms with E-state index in [0.717, 1.165) is 11.1 Å². The zero-order chi connectivity index (χ0) is 27.9. The molecule has 0 bridgehead atoms. The van der Waals surface area contributed by atoms with E-state index in [0.29, 0.717) is 34.1 Å². The van der Waals surface area contributed by atoms with Crippen molar-refractivity contribution in [2.75, 3.05) is 11.5 Å². The summed E-state index contributed by atoms with van der Waals surface area (Å²) in [7, 11) is 0. The minimum absolute atomic E-state index is 0.0957. The van der Waals surface area contributed by atoms with Crippen LogP contribution in [0.15, 0.2) is 109 Å². The minimum Gasteiger partial charge on any atom is -0.506 e. The van der Waals surface area contributed by atoms with Gasteiger partial charge in [0, 0.05) is 23.3 Å². The molecule has 0 aliphatic carbocycles. The molecule has 194 valence electrons. The summed E-state index contributed by atoms with van der Waals surface area (Å²) < 4.78 is 12.3. The maximum atomic E-state index is 10.1. The smallest absolute Gasteiger partial charge is 0.144 e. The number of nitrogen functional groups attached to an aromatic ring is 2. The second-order valence-corrected chi connectivity index (χ2v) is 8.69. The molecule has 5 aromatic carbocycles. The fourth-order valence-corrected chi connectivity index (χ4v) is 3.72. The Balaban J connectivity index is 1.69. The molecule has 0 amide bonds. The third-order valence-corrected chi connectivity index (χ3v) is 5.80. The van der Waals surface area contributed by atoms with Crippen LogP contribution >= 0.6 is 0 Å². The average molecular weight is 525 g/mol. The molecule has 6 heteroatoms. The van der Waals surface area contributed by atoms with Gasteiger partial charge in [0.25, 0.3) is 0 Å². The van der Waals surface area contributed by atoms with Gasteiger partial charge >= 0.3 is 0 Å². The second-order valence-electron chi connectivity index (χ2n) is 8.69. The zero-order valence-corrected chi connectivity index (χ0v) is 21.3. The van der Waals surface area contributed by atoms with Gasteiger partial charge in [-0.2, -0.15) is 0 Å². The van der Waals surface area contributed by atoms with Crippen LogP contribution in [-0.2, 0) is 0 Å². The summed E-state index contributed by atoms with van der Waals surface area (Å²) in [6.07, 6.45) is 0. The number of nitrogens with two attached hydrogens (primary N) is 2. The summed E-state index contributed by atoms with van der Waals surface area (Å²) in [6.45, 7) is 0. The highest BCUT2D eigenvalue weighted by molar-refractivity contribution is 5.67. The van der Waals surface area contributed by atoms with Crippen LogP contribution in [0.5, 0.6) is 34.5 Å². The average Bonchev–Trinajstić information content (AvgIpc) is 2.97. The Morgan fingerprint density at radius 2 is 0.875 bits per heavy atom. The van der Waals surface area contributed by atoms with E-state index in [1.165, 1.54) is 12.1 Å². The monoisotopic (exact) mass is 524 g/mol. The first-order valence-electron chi connectivity index (χ1n) is 12.3. The first-order chi connectivity index (χ1) is 19.5. The molecule has 0 aliphatic heterocycles. The van der Waals surface area contributed by atoms with Crippen molar-refractivity contribution in [2.24, 2.45) is 0 Å². The molecule has 40 heavy (non-hydrogen) atoms. The molecule has 0 saturated carbocycles. The fraction of sp³-hybridized carbons (Fsp3) is 0. The molecule has 0 heterocycles. The number of aromatic hydroxyl groups is 2. The molecule has 0 aliphatic rings. The maximum Gasteiger partial charge on any atom is 0.144 e. The number of anilines is 2. The Labute approximate surface area is 232 Å². The third-order valence-electron chi connectivity index (χ3n) is 5.80. The van der Waals surface area contributed by atoms with Crippen molar-refractivity contribution in [3.05, 3.63) is 131 Å². The van der Waals surface area contributed by atoms with Crippen molar-refractivity contribution in [2.45, 2.75) is 0 Å². The number of phenolic OH excluding ortho intramolecular Hbond substituents is 2. The van der Waals surface area contributed by atoms with Crippen LogP contribution in [0, 0.1) is 23.7 Å². The third kappa shape index (κ3) is 6.11. The number of rotatable bonds is 4. The summed E-state index contributed by atoms with van der Waals surface area (Å²) in [5.41, 5.74) is 14.6. The summed E-state index contributed by atoms with van der Waals surface area (Å²) in [5, 5.41) is 20.2. The molecule has 6 nitrogen and oxygen atoms in total. The normalized spacial score (nSPS) is 10.0. The number of ether oxygens (including phenoxy) is 2. The van der Waals surface area contributed by atoms with Gasteiger partial charge in [-0.25, -0.2) is 0 Å². The van der Waals surface area contributed by atoms with E-state index in [-0.39, 0.29) is 22.9 Å². The van der Waals surface area contributed by atoms with Crippen molar-refractivity contribution in [3.63, 3.8) is 0 Å². The van der Waals surface area contributed by atoms with E-state index in [9.17, 15) is 10.2 Å². The van der Waals surface area contributed by atoms with Crippen LogP contribution in [0.4, 0.5) is 11.4 Å². The van der Waals surface area contributed by atoms with Gasteiger partial charge in [0.15, 0.2) is 0 Å². The Kier molecular flexibility index (Phi) is 7.44. The first kappa shape index (κ1) is 25.7. The predicted octanol–water partition coefficient (Wildman–Crippen LogP) is 6.65. The molecule has 0 aromatic heterocycles. The lowest BCUT2D eigenvalue weighted by Gasteiger charge is -2.15. The zero-order valence-electron chi connectivity index (χ0n) is 21.3. The lowest BCUT2D eigenvalue weighted by atomic mass is 10.0. The number of phenols is 2. The van der Waals surface area contributed by atoms with Gasteiger partial charge in [0.1, 0.15) is 34.5 Å². The molecule has 0 unspecified atom stereocenters. The Hall–Kier alpha value is -5.98. The topological polar surface area (TPSA) is 111 Å². The highest BCUT2D eigenvalue weighted by atomic mass is 16.5. The van der Waals surface area contributed by atoms with Gasteiger partial charge in [-0.1, -0.05) is 60.1 Å². The molecule has 0 atom stereocenters. The largest absolute Gasteiger partial charge is 0.506 e. The highest BCUT2D eigenvalue weighted by Gasteiger charge is 2.16. The number of benzene rings is 5. The van der Waals surface area contributed by atoms with E-state index >= 15 is 0 Å². The van der Waals surface area contributed by atoms with E-state index in [1.54, 1.807) is 36.4 Å². The molecular formula is C34H24N2O4. The van der Waals surface area contributed by atoms with Crippen LogP contribution < -0.4 is 20.9 Å². The van der Waals surface area contributed by atoms with Crippen molar-refractivity contribution < 1.29 is 19.7 Å². The minimum atomic E-state index is -0.0957. The molecule has 6 N–H and O–H groups in total. The lowest BCUT2D eigenvalue weighted by molar-refractivity contribution is 0.448. The molecule has 0 radical (unpaired) electrons. The summed E-state index contributed by atoms with van der Waals surface area (Å²) in [5.74, 6) is 14.1. The molecule has 0 spiro atoms. The van der Waals surface area contributed by atoms with Crippen molar-refractivity contribution in [1.82, 2.24) is 0 Å². The molecule has 0 saturated heterocycles. The van der Waals surface area contributed by atoms with Crippen LogP contribution in [0.1, 0.15) is 22.3 Å². The standard InChI is InChI=1S/C34H24N2O4/c35-29-17-13-25(21-31(29)37)39-33-19-20-34(40-26-14-18-30(36)32(38)22-26)28(16-12-24-9-5-2-6-10-24)27(33)15-11-23-7-3-1-4-8-23/h1-10,13-14,17-22,37-38H,35-36H2. The van der Waals surface area contributed by atoms with Gasteiger partial charge in [-0.3, -0.25) is 0 Å². The van der Waals surface area contributed by atoms with E-state index < -0.39 is 0 Å². The fourth-order valence-electron chi connectivity index (χ4n) is 3.72. The predicted molar refractivity (Wildman–Crippen MR) is 156 cm³/mol. The Morgan fingerprint density at radius 1 is 0.475 bits per heavy atom. The van der Waals surface area contributed by atoms with Crippen LogP contribution in [0.2, 0.25) is 0 Å².